The summed E-state index contributed by atoms with van der Waals surface area (Å²) in [6.07, 6.45) is -4.44. The third-order valence-electron chi connectivity index (χ3n) is 3.67. The summed E-state index contributed by atoms with van der Waals surface area (Å²) in [5.74, 6) is 0.564. The first kappa shape index (κ1) is 19.0. The van der Waals surface area contributed by atoms with Crippen LogP contribution in [0.4, 0.5) is 13.2 Å². The van der Waals surface area contributed by atoms with Gasteiger partial charge in [-0.25, -0.2) is 0 Å². The number of imidazole rings is 1. The summed E-state index contributed by atoms with van der Waals surface area (Å²) in [5.41, 5.74) is 0.788. The molecular formula is C17H8ClF3N3NaO. The average molecular weight is 386 g/mol. The number of halogens is 4. The van der Waals surface area contributed by atoms with Gasteiger partial charge in [-0.15, -0.1) is 0 Å². The van der Waals surface area contributed by atoms with Gasteiger partial charge in [-0.1, -0.05) is 53.2 Å². The van der Waals surface area contributed by atoms with Crippen LogP contribution in [0.5, 0.6) is 0 Å². The Morgan fingerprint density at radius 3 is 2.50 bits per heavy atom. The molecule has 0 N–H and O–H groups in total. The Bertz CT molecular complexity index is 1070. The van der Waals surface area contributed by atoms with Crippen molar-refractivity contribution in [2.45, 2.75) is 6.18 Å². The topological polar surface area (TPSA) is 53.0 Å². The number of hydrogen-bond donors (Lipinski definition) is 0. The van der Waals surface area contributed by atoms with E-state index in [0.29, 0.717) is 22.4 Å². The summed E-state index contributed by atoms with van der Waals surface area (Å²) >= 11 is 5.71. The number of alkyl halides is 3. The van der Waals surface area contributed by atoms with Gasteiger partial charge in [0.15, 0.2) is 10.9 Å². The molecule has 0 aliphatic rings. The molecule has 0 atom stereocenters. The van der Waals surface area contributed by atoms with Crippen LogP contribution in [0.1, 0.15) is 5.56 Å². The van der Waals surface area contributed by atoms with E-state index in [1.165, 1.54) is 18.2 Å². The van der Waals surface area contributed by atoms with E-state index in [1.54, 1.807) is 24.3 Å². The third kappa shape index (κ3) is 3.53. The molecule has 0 bridgehead atoms. The summed E-state index contributed by atoms with van der Waals surface area (Å²) in [4.78, 5) is 8.57. The van der Waals surface area contributed by atoms with Crippen LogP contribution in [0.15, 0.2) is 53.1 Å². The van der Waals surface area contributed by atoms with Gasteiger partial charge in [-0.05, 0) is 34.1 Å². The molecule has 0 aliphatic heterocycles. The SMILES string of the molecule is FC(F)(F)c1ccccc1-c1ccc2[n-]c(-c3cc(Cl)no3)nc2c1.[Na+]. The maximum absolute atomic E-state index is 13.2. The molecule has 0 fully saturated rings. The van der Waals surface area contributed by atoms with Gasteiger partial charge in [0.2, 0.25) is 0 Å². The van der Waals surface area contributed by atoms with E-state index >= 15 is 0 Å². The molecule has 126 valence electrons. The molecule has 4 nitrogen and oxygen atoms in total. The molecule has 2 aromatic heterocycles. The largest absolute Gasteiger partial charge is 1.00 e. The van der Waals surface area contributed by atoms with Crippen molar-refractivity contribution in [1.82, 2.24) is 15.1 Å². The van der Waals surface area contributed by atoms with Crippen LogP contribution in [0.3, 0.4) is 0 Å². The zero-order valence-corrected chi connectivity index (χ0v) is 16.1. The van der Waals surface area contributed by atoms with Crippen molar-refractivity contribution < 1.29 is 47.3 Å². The van der Waals surface area contributed by atoms with Gasteiger partial charge in [-0.3, -0.25) is 0 Å². The van der Waals surface area contributed by atoms with Gasteiger partial charge in [0, 0.05) is 6.07 Å². The second-order valence-corrected chi connectivity index (χ2v) is 5.70. The standard InChI is InChI=1S/C17H8ClF3N3O.Na/c18-15-8-14(25-24-15)16-22-12-6-5-9(7-13(12)23-16)10-3-1-2-4-11(10)17(19,20)21;/h1-8H;/q-1;+1. The zero-order chi connectivity index (χ0) is 17.6. The first-order valence-electron chi connectivity index (χ1n) is 7.15. The van der Waals surface area contributed by atoms with Crippen molar-refractivity contribution in [1.29, 1.82) is 0 Å². The van der Waals surface area contributed by atoms with E-state index in [4.69, 9.17) is 16.1 Å². The summed E-state index contributed by atoms with van der Waals surface area (Å²) in [7, 11) is 0. The second-order valence-electron chi connectivity index (χ2n) is 5.31. The molecule has 0 amide bonds. The average Bonchev–Trinajstić information content (AvgIpc) is 3.19. The molecule has 0 saturated heterocycles. The van der Waals surface area contributed by atoms with Crippen molar-refractivity contribution in [2.75, 3.05) is 0 Å². The van der Waals surface area contributed by atoms with E-state index in [0.717, 1.165) is 6.07 Å². The fourth-order valence-electron chi connectivity index (χ4n) is 2.58. The fourth-order valence-corrected chi connectivity index (χ4v) is 2.71. The molecule has 2 heterocycles. The van der Waals surface area contributed by atoms with Crippen LogP contribution in [-0.2, 0) is 6.18 Å². The number of rotatable bonds is 2. The fraction of sp³-hybridized carbons (Fsp3) is 0.0588. The van der Waals surface area contributed by atoms with Crippen LogP contribution in [0, 0.1) is 0 Å². The summed E-state index contributed by atoms with van der Waals surface area (Å²) < 4.78 is 44.7. The smallest absolute Gasteiger partial charge is 0.433 e. The van der Waals surface area contributed by atoms with Gasteiger partial charge >= 0.3 is 35.7 Å². The molecule has 4 aromatic rings. The predicted molar refractivity (Wildman–Crippen MR) is 86.0 cm³/mol. The Kier molecular flexibility index (Phi) is 5.16. The maximum Gasteiger partial charge on any atom is 1.00 e. The van der Waals surface area contributed by atoms with Crippen molar-refractivity contribution in [3.63, 3.8) is 0 Å². The van der Waals surface area contributed by atoms with Crippen molar-refractivity contribution in [3.05, 3.63) is 59.2 Å². The van der Waals surface area contributed by atoms with Gasteiger partial charge in [-0.2, -0.15) is 13.2 Å². The first-order valence-corrected chi connectivity index (χ1v) is 7.53. The first-order chi connectivity index (χ1) is 11.9. The number of fused-ring (bicyclic) bond motifs is 1. The minimum Gasteiger partial charge on any atom is -0.433 e. The quantitative estimate of drug-likeness (QED) is 0.496. The van der Waals surface area contributed by atoms with E-state index < -0.39 is 11.7 Å². The molecule has 0 saturated carbocycles. The third-order valence-corrected chi connectivity index (χ3v) is 3.85. The van der Waals surface area contributed by atoms with E-state index in [2.05, 4.69) is 15.1 Å². The number of benzene rings is 2. The van der Waals surface area contributed by atoms with Gasteiger partial charge in [0.05, 0.1) is 5.56 Å². The van der Waals surface area contributed by atoms with Crippen LogP contribution < -0.4 is 34.5 Å². The Morgan fingerprint density at radius 2 is 1.81 bits per heavy atom. The summed E-state index contributed by atoms with van der Waals surface area (Å²) in [6.45, 7) is 0. The molecule has 0 unspecified atom stereocenters. The van der Waals surface area contributed by atoms with E-state index in [9.17, 15) is 13.2 Å². The van der Waals surface area contributed by atoms with E-state index in [1.807, 2.05) is 0 Å². The minimum absolute atomic E-state index is 0. The van der Waals surface area contributed by atoms with Crippen LogP contribution in [-0.4, -0.2) is 10.1 Å². The second kappa shape index (κ2) is 7.08. The van der Waals surface area contributed by atoms with Crippen molar-refractivity contribution in [2.24, 2.45) is 0 Å². The van der Waals surface area contributed by atoms with Crippen LogP contribution in [0.25, 0.3) is 33.7 Å². The van der Waals surface area contributed by atoms with Crippen LogP contribution in [0.2, 0.25) is 5.15 Å². The normalized spacial score (nSPS) is 11.5. The Morgan fingerprint density at radius 1 is 1.04 bits per heavy atom. The molecule has 0 aliphatic carbocycles. The molecule has 26 heavy (non-hydrogen) atoms. The minimum atomic E-state index is -4.44. The monoisotopic (exact) mass is 385 g/mol. The molecule has 2 aromatic carbocycles. The van der Waals surface area contributed by atoms with Crippen molar-refractivity contribution in [3.8, 4) is 22.7 Å². The van der Waals surface area contributed by atoms with Gasteiger partial charge in [0.25, 0.3) is 0 Å². The maximum atomic E-state index is 13.2. The molecule has 0 spiro atoms. The van der Waals surface area contributed by atoms with Crippen molar-refractivity contribution >= 4 is 22.6 Å². The number of hydrogen-bond acceptors (Lipinski definition) is 3. The Balaban J connectivity index is 0.00000196. The summed E-state index contributed by atoms with van der Waals surface area (Å²) in [6, 6.07) is 11.6. The molecular weight excluding hydrogens is 378 g/mol. The predicted octanol–water partition coefficient (Wildman–Crippen LogP) is 2.19. The number of nitrogens with zero attached hydrogens (tertiary/aromatic N) is 3. The number of aromatic nitrogens is 3. The van der Waals surface area contributed by atoms with E-state index in [-0.39, 0.29) is 46.1 Å². The summed E-state index contributed by atoms with van der Waals surface area (Å²) in [5, 5.41) is 3.72. The van der Waals surface area contributed by atoms with Gasteiger partial charge < -0.3 is 14.5 Å². The zero-order valence-electron chi connectivity index (χ0n) is 13.4. The Labute approximate surface area is 172 Å². The molecule has 4 rings (SSSR count). The molecule has 0 radical (unpaired) electrons. The Hall–Kier alpha value is -1.80. The van der Waals surface area contributed by atoms with Crippen LogP contribution >= 0.6 is 11.6 Å². The van der Waals surface area contributed by atoms with Gasteiger partial charge in [0.1, 0.15) is 0 Å². The molecule has 9 heteroatoms.